The zero-order valence-electron chi connectivity index (χ0n) is 14.0. The van der Waals surface area contributed by atoms with Gasteiger partial charge in [0.05, 0.1) is 23.9 Å². The number of nitrogens with one attached hydrogen (secondary N) is 1. The Morgan fingerprint density at radius 1 is 1.32 bits per heavy atom. The lowest BCUT2D eigenvalue weighted by Gasteiger charge is -2.30. The van der Waals surface area contributed by atoms with Gasteiger partial charge in [-0.15, -0.1) is 0 Å². The molecule has 3 heterocycles. The van der Waals surface area contributed by atoms with Gasteiger partial charge < -0.3 is 10.2 Å². The van der Waals surface area contributed by atoms with Crippen molar-refractivity contribution in [2.75, 3.05) is 11.9 Å². The van der Waals surface area contributed by atoms with Crippen molar-refractivity contribution in [3.05, 3.63) is 47.0 Å². The second-order valence-electron chi connectivity index (χ2n) is 6.65. The van der Waals surface area contributed by atoms with Crippen LogP contribution in [0.25, 0.3) is 0 Å². The number of aryl methyl sites for hydroxylation is 2. The first-order chi connectivity index (χ1) is 12.0. The van der Waals surface area contributed by atoms with E-state index in [-0.39, 0.29) is 18.2 Å². The quantitative estimate of drug-likeness (QED) is 0.864. The molecule has 2 amide bonds. The van der Waals surface area contributed by atoms with Gasteiger partial charge in [-0.05, 0) is 43.2 Å². The van der Waals surface area contributed by atoms with Gasteiger partial charge >= 0.3 is 0 Å². The monoisotopic (exact) mass is 342 g/mol. The highest BCUT2D eigenvalue weighted by Gasteiger charge is 2.34. The van der Waals surface area contributed by atoms with Gasteiger partial charge in [-0.2, -0.15) is 5.10 Å². The van der Waals surface area contributed by atoms with Crippen molar-refractivity contribution < 1.29 is 14.0 Å². The molecule has 0 saturated carbocycles. The number of rotatable bonds is 1. The molecule has 25 heavy (non-hydrogen) atoms. The molecule has 0 aliphatic carbocycles. The third-order valence-corrected chi connectivity index (χ3v) is 4.80. The number of hydrogen-bond donors (Lipinski definition) is 1. The van der Waals surface area contributed by atoms with Gasteiger partial charge in [0, 0.05) is 25.2 Å². The fourth-order valence-electron chi connectivity index (χ4n) is 3.67. The van der Waals surface area contributed by atoms with Gasteiger partial charge in [-0.1, -0.05) is 0 Å². The fourth-order valence-corrected chi connectivity index (χ4v) is 3.67. The predicted molar refractivity (Wildman–Crippen MR) is 89.4 cm³/mol. The normalized spacial score (nSPS) is 19.7. The average Bonchev–Trinajstić information content (AvgIpc) is 2.80. The van der Waals surface area contributed by atoms with E-state index < -0.39 is 11.7 Å². The number of nitrogens with zero attached hydrogens (tertiary/aromatic N) is 3. The Balaban J connectivity index is 1.65. The van der Waals surface area contributed by atoms with Crippen LogP contribution in [0.3, 0.4) is 0 Å². The summed E-state index contributed by atoms with van der Waals surface area (Å²) in [5, 5.41) is 7.16. The maximum absolute atomic E-state index is 13.7. The number of benzene rings is 1. The minimum Gasteiger partial charge on any atom is -0.336 e. The van der Waals surface area contributed by atoms with E-state index in [9.17, 15) is 14.0 Å². The Hall–Kier alpha value is -2.70. The van der Waals surface area contributed by atoms with Crippen LogP contribution in [0.2, 0.25) is 0 Å². The maximum Gasteiger partial charge on any atom is 0.231 e. The summed E-state index contributed by atoms with van der Waals surface area (Å²) in [4.78, 5) is 26.9. The van der Waals surface area contributed by atoms with Gasteiger partial charge in [0.25, 0.3) is 0 Å². The summed E-state index contributed by atoms with van der Waals surface area (Å²) in [5.74, 6) is -1.39. The largest absolute Gasteiger partial charge is 0.336 e. The SMILES string of the molecule is Cc1cc2n(n1)CCCN(C(=O)[C@H]1CC(=O)Nc3ccc(F)cc31)C2. The summed E-state index contributed by atoms with van der Waals surface area (Å²) in [5.41, 5.74) is 2.99. The first-order valence-corrected chi connectivity index (χ1v) is 8.42. The van der Waals surface area contributed by atoms with Crippen LogP contribution in [0.5, 0.6) is 0 Å². The molecule has 0 unspecified atom stereocenters. The molecule has 0 radical (unpaired) electrons. The lowest BCUT2D eigenvalue weighted by molar-refractivity contribution is -0.135. The molecular formula is C18H19FN4O2. The lowest BCUT2D eigenvalue weighted by Crippen LogP contribution is -2.38. The Morgan fingerprint density at radius 2 is 2.16 bits per heavy atom. The van der Waals surface area contributed by atoms with Crippen LogP contribution in [0, 0.1) is 12.7 Å². The zero-order valence-corrected chi connectivity index (χ0v) is 14.0. The smallest absolute Gasteiger partial charge is 0.231 e. The lowest BCUT2D eigenvalue weighted by atomic mass is 9.89. The van der Waals surface area contributed by atoms with Gasteiger partial charge in [0.15, 0.2) is 0 Å². The summed E-state index contributed by atoms with van der Waals surface area (Å²) >= 11 is 0. The Labute approximate surface area is 144 Å². The molecule has 1 aromatic carbocycles. The second-order valence-corrected chi connectivity index (χ2v) is 6.65. The van der Waals surface area contributed by atoms with Crippen LogP contribution in [-0.4, -0.2) is 33.0 Å². The second kappa shape index (κ2) is 5.98. The first kappa shape index (κ1) is 15.8. The number of aromatic nitrogens is 2. The summed E-state index contributed by atoms with van der Waals surface area (Å²) in [6.45, 7) is 3.76. The minimum absolute atomic E-state index is 0.0457. The van der Waals surface area contributed by atoms with Crippen LogP contribution in [-0.2, 0) is 22.7 Å². The Morgan fingerprint density at radius 3 is 3.00 bits per heavy atom. The van der Waals surface area contributed by atoms with E-state index in [1.165, 1.54) is 18.2 Å². The predicted octanol–water partition coefficient (Wildman–Crippen LogP) is 2.19. The molecule has 7 heteroatoms. The number of carbonyl (C=O) groups is 2. The van der Waals surface area contributed by atoms with Crippen molar-refractivity contribution in [1.82, 2.24) is 14.7 Å². The number of carbonyl (C=O) groups excluding carboxylic acids is 2. The third kappa shape index (κ3) is 2.90. The number of halogens is 1. The summed E-state index contributed by atoms with van der Waals surface area (Å²) in [6, 6.07) is 6.14. The van der Waals surface area contributed by atoms with Crippen molar-refractivity contribution in [2.24, 2.45) is 0 Å². The van der Waals surface area contributed by atoms with Crippen LogP contribution in [0.4, 0.5) is 10.1 Å². The highest BCUT2D eigenvalue weighted by Crippen LogP contribution is 2.34. The summed E-state index contributed by atoms with van der Waals surface area (Å²) in [6.07, 6.45) is 0.846. The van der Waals surface area contributed by atoms with Gasteiger partial charge in [-0.25, -0.2) is 4.39 Å². The summed E-state index contributed by atoms with van der Waals surface area (Å²) in [7, 11) is 0. The molecule has 0 fully saturated rings. The molecule has 1 atom stereocenters. The maximum atomic E-state index is 13.7. The fraction of sp³-hybridized carbons (Fsp3) is 0.389. The molecule has 130 valence electrons. The van der Waals surface area contributed by atoms with E-state index in [2.05, 4.69) is 10.4 Å². The molecule has 6 nitrogen and oxygen atoms in total. The van der Waals surface area contributed by atoms with Crippen molar-refractivity contribution in [3.8, 4) is 0 Å². The number of amides is 2. The molecule has 4 rings (SSSR count). The molecule has 1 aromatic heterocycles. The third-order valence-electron chi connectivity index (χ3n) is 4.80. The van der Waals surface area contributed by atoms with E-state index in [4.69, 9.17) is 0 Å². The van der Waals surface area contributed by atoms with Crippen LogP contribution < -0.4 is 5.32 Å². The standard InChI is InChI=1S/C18H19FN4O2/c1-11-7-13-10-22(5-2-6-23(13)21-11)18(25)15-9-17(24)20-16-4-3-12(19)8-14(15)16/h3-4,7-8,15H,2,5-6,9-10H2,1H3,(H,20,24)/t15-/m0/s1. The molecule has 0 saturated heterocycles. The van der Waals surface area contributed by atoms with Crippen molar-refractivity contribution in [1.29, 1.82) is 0 Å². The summed E-state index contributed by atoms with van der Waals surface area (Å²) < 4.78 is 15.6. The zero-order chi connectivity index (χ0) is 17.6. The Kier molecular flexibility index (Phi) is 3.78. The average molecular weight is 342 g/mol. The number of hydrogen-bond acceptors (Lipinski definition) is 3. The van der Waals surface area contributed by atoms with Gasteiger partial charge in [0.2, 0.25) is 11.8 Å². The molecule has 2 aliphatic heterocycles. The number of anilines is 1. The molecule has 0 bridgehead atoms. The molecular weight excluding hydrogens is 323 g/mol. The van der Waals surface area contributed by atoms with Crippen molar-refractivity contribution in [3.63, 3.8) is 0 Å². The Bertz CT molecular complexity index is 861. The van der Waals surface area contributed by atoms with Gasteiger partial charge in [-0.3, -0.25) is 14.3 Å². The van der Waals surface area contributed by atoms with E-state index in [0.29, 0.717) is 24.3 Å². The molecule has 0 spiro atoms. The van der Waals surface area contributed by atoms with Gasteiger partial charge in [0.1, 0.15) is 5.82 Å². The highest BCUT2D eigenvalue weighted by molar-refractivity contribution is 6.01. The highest BCUT2D eigenvalue weighted by atomic mass is 19.1. The van der Waals surface area contributed by atoms with E-state index in [0.717, 1.165) is 24.4 Å². The van der Waals surface area contributed by atoms with E-state index >= 15 is 0 Å². The van der Waals surface area contributed by atoms with Crippen molar-refractivity contribution in [2.45, 2.75) is 38.8 Å². The van der Waals surface area contributed by atoms with Crippen LogP contribution >= 0.6 is 0 Å². The topological polar surface area (TPSA) is 67.2 Å². The first-order valence-electron chi connectivity index (χ1n) is 8.42. The van der Waals surface area contributed by atoms with E-state index in [1.807, 2.05) is 17.7 Å². The molecule has 1 N–H and O–H groups in total. The van der Waals surface area contributed by atoms with Crippen LogP contribution in [0.15, 0.2) is 24.3 Å². The minimum atomic E-state index is -0.644. The molecule has 2 aliphatic rings. The van der Waals surface area contributed by atoms with Crippen LogP contribution in [0.1, 0.15) is 35.7 Å². The van der Waals surface area contributed by atoms with E-state index in [1.54, 1.807) is 4.90 Å². The number of fused-ring (bicyclic) bond motifs is 2. The van der Waals surface area contributed by atoms with Crippen molar-refractivity contribution >= 4 is 17.5 Å². The molecule has 2 aromatic rings.